The molecule has 0 aliphatic heterocycles. The SMILES string of the molecule is Cc1cc(S(=O)(=O)Nc2n[nH]c(C)c2N)sc1Cl. The molecule has 0 fully saturated rings. The third-order valence-electron chi connectivity index (χ3n) is 2.33. The van der Waals surface area contributed by atoms with Crippen molar-refractivity contribution in [3.63, 3.8) is 0 Å². The van der Waals surface area contributed by atoms with Crippen molar-refractivity contribution >= 4 is 44.5 Å². The molecule has 0 aromatic carbocycles. The molecule has 0 saturated heterocycles. The maximum Gasteiger partial charge on any atom is 0.272 e. The molecule has 4 N–H and O–H groups in total. The number of nitrogens with one attached hydrogen (secondary N) is 2. The first-order valence-corrected chi connectivity index (χ1v) is 7.58. The first-order valence-electron chi connectivity index (χ1n) is 4.90. The number of aryl methyl sites for hydroxylation is 2. The lowest BCUT2D eigenvalue weighted by Gasteiger charge is -2.03. The van der Waals surface area contributed by atoms with Crippen LogP contribution >= 0.6 is 22.9 Å². The van der Waals surface area contributed by atoms with Crippen molar-refractivity contribution in [2.45, 2.75) is 18.1 Å². The number of nitrogens with zero attached hydrogens (tertiary/aromatic N) is 1. The smallest absolute Gasteiger partial charge is 0.272 e. The molecule has 0 aliphatic carbocycles. The van der Waals surface area contributed by atoms with E-state index in [1.54, 1.807) is 13.8 Å². The summed E-state index contributed by atoms with van der Waals surface area (Å²) >= 11 is 6.84. The van der Waals surface area contributed by atoms with E-state index in [4.69, 9.17) is 17.3 Å². The second-order valence-corrected chi connectivity index (χ2v) is 7.30. The molecule has 2 rings (SSSR count). The number of H-pyrrole nitrogens is 1. The summed E-state index contributed by atoms with van der Waals surface area (Å²) in [4.78, 5) is 0. The van der Waals surface area contributed by atoms with Gasteiger partial charge in [-0.25, -0.2) is 8.42 Å². The Morgan fingerprint density at radius 3 is 2.61 bits per heavy atom. The van der Waals surface area contributed by atoms with Crippen LogP contribution in [0.3, 0.4) is 0 Å². The molecule has 0 spiro atoms. The van der Waals surface area contributed by atoms with Crippen molar-refractivity contribution < 1.29 is 8.42 Å². The topological polar surface area (TPSA) is 101 Å². The van der Waals surface area contributed by atoms with Crippen molar-refractivity contribution in [2.75, 3.05) is 10.5 Å². The normalized spacial score (nSPS) is 11.7. The molecular formula is C9H11ClN4O2S2. The number of hydrogen-bond donors (Lipinski definition) is 3. The number of aromatic amines is 1. The summed E-state index contributed by atoms with van der Waals surface area (Å²) in [6.45, 7) is 3.44. The Hall–Kier alpha value is -1.25. The highest BCUT2D eigenvalue weighted by Gasteiger charge is 2.21. The van der Waals surface area contributed by atoms with Crippen LogP contribution < -0.4 is 10.5 Å². The van der Waals surface area contributed by atoms with Gasteiger partial charge in [-0.1, -0.05) is 11.6 Å². The number of aromatic nitrogens is 2. The van der Waals surface area contributed by atoms with E-state index in [-0.39, 0.29) is 15.7 Å². The van der Waals surface area contributed by atoms with Gasteiger partial charge in [-0.2, -0.15) is 5.10 Å². The molecule has 0 unspecified atom stereocenters. The Kier molecular flexibility index (Phi) is 3.26. The first kappa shape index (κ1) is 13.2. The van der Waals surface area contributed by atoms with Gasteiger partial charge in [-0.05, 0) is 25.5 Å². The molecule has 9 heteroatoms. The lowest BCUT2D eigenvalue weighted by Crippen LogP contribution is -2.13. The largest absolute Gasteiger partial charge is 0.394 e. The second kappa shape index (κ2) is 4.45. The lowest BCUT2D eigenvalue weighted by molar-refractivity contribution is 0.603. The molecule has 0 bridgehead atoms. The van der Waals surface area contributed by atoms with E-state index in [9.17, 15) is 8.42 Å². The number of thiophene rings is 1. The molecule has 98 valence electrons. The van der Waals surface area contributed by atoms with Crippen LogP contribution in [-0.4, -0.2) is 18.6 Å². The van der Waals surface area contributed by atoms with Gasteiger partial charge in [0.15, 0.2) is 5.82 Å². The van der Waals surface area contributed by atoms with Crippen LogP contribution in [0.25, 0.3) is 0 Å². The Balaban J connectivity index is 2.36. The van der Waals surface area contributed by atoms with Gasteiger partial charge in [-0.3, -0.25) is 9.82 Å². The van der Waals surface area contributed by atoms with Crippen LogP contribution in [0.15, 0.2) is 10.3 Å². The number of anilines is 2. The van der Waals surface area contributed by atoms with Gasteiger partial charge in [0.25, 0.3) is 10.0 Å². The van der Waals surface area contributed by atoms with Crippen LogP contribution in [0.4, 0.5) is 11.5 Å². The molecule has 0 amide bonds. The quantitative estimate of drug-likeness (QED) is 0.808. The number of nitrogens with two attached hydrogens (primary N) is 1. The molecule has 18 heavy (non-hydrogen) atoms. The monoisotopic (exact) mass is 306 g/mol. The van der Waals surface area contributed by atoms with Gasteiger partial charge in [0.05, 0.1) is 15.7 Å². The van der Waals surface area contributed by atoms with Crippen LogP contribution in [0.2, 0.25) is 4.34 Å². The minimum atomic E-state index is -3.70. The van der Waals surface area contributed by atoms with E-state index in [2.05, 4.69) is 14.9 Å². The fourth-order valence-corrected chi connectivity index (χ4v) is 3.99. The Bertz CT molecular complexity index is 670. The van der Waals surface area contributed by atoms with Gasteiger partial charge in [0.2, 0.25) is 0 Å². The fourth-order valence-electron chi connectivity index (χ4n) is 1.26. The van der Waals surface area contributed by atoms with Crippen LogP contribution in [0.5, 0.6) is 0 Å². The highest BCUT2D eigenvalue weighted by molar-refractivity contribution is 7.94. The molecule has 6 nitrogen and oxygen atoms in total. The number of hydrogen-bond acceptors (Lipinski definition) is 5. The van der Waals surface area contributed by atoms with Gasteiger partial charge in [0.1, 0.15) is 4.21 Å². The zero-order valence-corrected chi connectivity index (χ0v) is 12.0. The summed E-state index contributed by atoms with van der Waals surface area (Å²) in [7, 11) is -3.70. The van der Waals surface area contributed by atoms with Crippen molar-refractivity contribution in [2.24, 2.45) is 0 Å². The minimum Gasteiger partial charge on any atom is -0.394 e. The van der Waals surface area contributed by atoms with E-state index in [1.165, 1.54) is 6.07 Å². The molecule has 2 heterocycles. The van der Waals surface area contributed by atoms with Gasteiger partial charge >= 0.3 is 0 Å². The van der Waals surface area contributed by atoms with Crippen molar-refractivity contribution in [1.29, 1.82) is 0 Å². The standard InChI is InChI=1S/C9H11ClN4O2S2/c1-4-3-6(17-8(4)10)18(15,16)14-9-7(11)5(2)12-13-9/h3H,11H2,1-2H3,(H2,12,13,14). The van der Waals surface area contributed by atoms with Crippen LogP contribution in [0, 0.1) is 13.8 Å². The van der Waals surface area contributed by atoms with Crippen molar-refractivity contribution in [1.82, 2.24) is 10.2 Å². The Labute approximate surface area is 113 Å². The van der Waals surface area contributed by atoms with Crippen LogP contribution in [0.1, 0.15) is 11.3 Å². The summed E-state index contributed by atoms with van der Waals surface area (Å²) in [5.41, 5.74) is 7.28. The van der Waals surface area contributed by atoms with Crippen molar-refractivity contribution in [3.05, 3.63) is 21.7 Å². The maximum absolute atomic E-state index is 12.1. The van der Waals surface area contributed by atoms with Crippen LogP contribution in [-0.2, 0) is 10.0 Å². The number of nitrogen functional groups attached to an aromatic ring is 1. The number of halogens is 1. The Morgan fingerprint density at radius 1 is 1.50 bits per heavy atom. The summed E-state index contributed by atoms with van der Waals surface area (Å²) in [5, 5.41) is 6.39. The molecule has 0 atom stereocenters. The summed E-state index contributed by atoms with van der Waals surface area (Å²) in [6.07, 6.45) is 0. The van der Waals surface area contributed by atoms with Gasteiger partial charge in [0, 0.05) is 0 Å². The molecular weight excluding hydrogens is 296 g/mol. The Morgan fingerprint density at radius 2 is 2.17 bits per heavy atom. The molecule has 2 aromatic heterocycles. The van der Waals surface area contributed by atoms with E-state index in [0.717, 1.165) is 11.3 Å². The zero-order chi connectivity index (χ0) is 13.5. The van der Waals surface area contributed by atoms with E-state index < -0.39 is 10.0 Å². The third-order valence-corrected chi connectivity index (χ3v) is 5.69. The average Bonchev–Trinajstić information content (AvgIpc) is 2.77. The predicted octanol–water partition coefficient (Wildman–Crippen LogP) is 2.12. The molecule has 0 radical (unpaired) electrons. The third kappa shape index (κ3) is 2.31. The maximum atomic E-state index is 12.1. The fraction of sp³-hybridized carbons (Fsp3) is 0.222. The van der Waals surface area contributed by atoms with E-state index in [0.29, 0.717) is 15.6 Å². The number of sulfonamides is 1. The summed E-state index contributed by atoms with van der Waals surface area (Å²) in [6, 6.07) is 1.50. The summed E-state index contributed by atoms with van der Waals surface area (Å²) < 4.78 is 27.0. The predicted molar refractivity (Wildman–Crippen MR) is 72.6 cm³/mol. The molecule has 0 aliphatic rings. The summed E-state index contributed by atoms with van der Waals surface area (Å²) in [5.74, 6) is 0.0923. The zero-order valence-electron chi connectivity index (χ0n) is 9.61. The van der Waals surface area contributed by atoms with E-state index >= 15 is 0 Å². The molecule has 2 aromatic rings. The van der Waals surface area contributed by atoms with Gasteiger partial charge < -0.3 is 5.73 Å². The average molecular weight is 307 g/mol. The van der Waals surface area contributed by atoms with Gasteiger partial charge in [-0.15, -0.1) is 11.3 Å². The second-order valence-electron chi connectivity index (χ2n) is 3.74. The lowest BCUT2D eigenvalue weighted by atomic mass is 10.4. The van der Waals surface area contributed by atoms with Crippen molar-refractivity contribution in [3.8, 4) is 0 Å². The molecule has 0 saturated carbocycles. The minimum absolute atomic E-state index is 0.0923. The number of rotatable bonds is 3. The highest BCUT2D eigenvalue weighted by Crippen LogP contribution is 2.31. The highest BCUT2D eigenvalue weighted by atomic mass is 35.5. The van der Waals surface area contributed by atoms with E-state index in [1.807, 2.05) is 0 Å². The first-order chi connectivity index (χ1) is 8.31.